The minimum absolute atomic E-state index is 0.201. The molecule has 0 unspecified atom stereocenters. The number of carbonyl (C=O) groups is 1. The maximum Gasteiger partial charge on any atom is 0.271 e. The lowest BCUT2D eigenvalue weighted by atomic mass is 10.2. The van der Waals surface area contributed by atoms with Crippen LogP contribution in [0.25, 0.3) is 5.82 Å². The number of nitrogens with zero attached hydrogens (tertiary/aromatic N) is 5. The highest BCUT2D eigenvalue weighted by Gasteiger charge is 2.09. The van der Waals surface area contributed by atoms with Gasteiger partial charge in [0.1, 0.15) is 5.69 Å². The normalized spacial score (nSPS) is 10.7. The number of imidazole rings is 1. The molecule has 0 aliphatic carbocycles. The van der Waals surface area contributed by atoms with Crippen molar-refractivity contribution in [3.8, 4) is 5.82 Å². The maximum absolute atomic E-state index is 11.9. The van der Waals surface area contributed by atoms with Crippen molar-refractivity contribution in [1.82, 2.24) is 29.6 Å². The maximum atomic E-state index is 11.9. The SMILES string of the molecule is Cc1cc(C)n(-c2ccc(CNC(=O)c3cn(C)cn3)cn2)n1. The van der Waals surface area contributed by atoms with Crippen molar-refractivity contribution >= 4 is 5.91 Å². The third-order valence-electron chi connectivity index (χ3n) is 3.43. The molecule has 0 atom stereocenters. The van der Waals surface area contributed by atoms with Crippen LogP contribution in [-0.2, 0) is 13.6 Å². The number of amides is 1. The Labute approximate surface area is 134 Å². The van der Waals surface area contributed by atoms with Gasteiger partial charge in [-0.05, 0) is 31.5 Å². The second-order valence-electron chi connectivity index (χ2n) is 5.47. The molecule has 0 radical (unpaired) electrons. The van der Waals surface area contributed by atoms with Gasteiger partial charge in [-0.2, -0.15) is 5.10 Å². The van der Waals surface area contributed by atoms with Gasteiger partial charge in [-0.15, -0.1) is 0 Å². The largest absolute Gasteiger partial charge is 0.347 e. The second kappa shape index (κ2) is 6.04. The monoisotopic (exact) mass is 310 g/mol. The molecule has 0 saturated heterocycles. The van der Waals surface area contributed by atoms with Crippen LogP contribution in [0.2, 0.25) is 0 Å². The summed E-state index contributed by atoms with van der Waals surface area (Å²) in [6.45, 7) is 4.34. The average Bonchev–Trinajstić information content (AvgIpc) is 3.11. The number of nitrogens with one attached hydrogen (secondary N) is 1. The predicted octanol–water partition coefficient (Wildman–Crippen LogP) is 1.55. The van der Waals surface area contributed by atoms with Crippen molar-refractivity contribution in [2.45, 2.75) is 20.4 Å². The van der Waals surface area contributed by atoms with Crippen LogP contribution >= 0.6 is 0 Å². The summed E-state index contributed by atoms with van der Waals surface area (Å²) in [5.74, 6) is 0.559. The highest BCUT2D eigenvalue weighted by atomic mass is 16.1. The number of carbonyl (C=O) groups excluding carboxylic acids is 1. The van der Waals surface area contributed by atoms with E-state index in [4.69, 9.17) is 0 Å². The number of rotatable bonds is 4. The van der Waals surface area contributed by atoms with E-state index >= 15 is 0 Å². The van der Waals surface area contributed by atoms with E-state index in [1.165, 1.54) is 0 Å². The van der Waals surface area contributed by atoms with Crippen LogP contribution in [0.4, 0.5) is 0 Å². The molecule has 0 aliphatic heterocycles. The first-order chi connectivity index (χ1) is 11.0. The molecule has 23 heavy (non-hydrogen) atoms. The Morgan fingerprint density at radius 2 is 2.09 bits per heavy atom. The van der Waals surface area contributed by atoms with Crippen molar-refractivity contribution in [2.75, 3.05) is 0 Å². The third-order valence-corrected chi connectivity index (χ3v) is 3.43. The lowest BCUT2D eigenvalue weighted by Crippen LogP contribution is -2.23. The zero-order chi connectivity index (χ0) is 16.4. The average molecular weight is 310 g/mol. The molecule has 3 aromatic heterocycles. The fourth-order valence-electron chi connectivity index (χ4n) is 2.31. The molecule has 0 fully saturated rings. The summed E-state index contributed by atoms with van der Waals surface area (Å²) >= 11 is 0. The predicted molar refractivity (Wildman–Crippen MR) is 85.2 cm³/mol. The molecule has 3 rings (SSSR count). The highest BCUT2D eigenvalue weighted by molar-refractivity contribution is 5.91. The molecule has 0 bridgehead atoms. The quantitative estimate of drug-likeness (QED) is 0.793. The number of hydrogen-bond donors (Lipinski definition) is 1. The molecular formula is C16H18N6O. The van der Waals surface area contributed by atoms with Crippen LogP contribution in [0.3, 0.4) is 0 Å². The summed E-state index contributed by atoms with van der Waals surface area (Å²) in [6.07, 6.45) is 5.02. The topological polar surface area (TPSA) is 77.6 Å². The van der Waals surface area contributed by atoms with Crippen molar-refractivity contribution < 1.29 is 4.79 Å². The zero-order valence-electron chi connectivity index (χ0n) is 13.3. The van der Waals surface area contributed by atoms with E-state index in [-0.39, 0.29) is 5.91 Å². The molecule has 7 heteroatoms. The van der Waals surface area contributed by atoms with Gasteiger partial charge in [-0.25, -0.2) is 14.6 Å². The van der Waals surface area contributed by atoms with Crippen LogP contribution in [0, 0.1) is 13.8 Å². The van der Waals surface area contributed by atoms with Gasteiger partial charge < -0.3 is 9.88 Å². The lowest BCUT2D eigenvalue weighted by molar-refractivity contribution is 0.0946. The molecular weight excluding hydrogens is 292 g/mol. The minimum Gasteiger partial charge on any atom is -0.347 e. The highest BCUT2D eigenvalue weighted by Crippen LogP contribution is 2.10. The fourth-order valence-corrected chi connectivity index (χ4v) is 2.31. The van der Waals surface area contributed by atoms with Crippen LogP contribution in [-0.4, -0.2) is 30.2 Å². The summed E-state index contributed by atoms with van der Waals surface area (Å²) in [5.41, 5.74) is 3.31. The van der Waals surface area contributed by atoms with E-state index in [9.17, 15) is 4.79 Å². The summed E-state index contributed by atoms with van der Waals surface area (Å²) in [4.78, 5) is 20.4. The molecule has 3 heterocycles. The number of hydrogen-bond acceptors (Lipinski definition) is 4. The first-order valence-corrected chi connectivity index (χ1v) is 7.27. The van der Waals surface area contributed by atoms with Crippen LogP contribution in [0.15, 0.2) is 36.9 Å². The fraction of sp³-hybridized carbons (Fsp3) is 0.250. The molecule has 1 N–H and O–H groups in total. The van der Waals surface area contributed by atoms with E-state index in [1.807, 2.05) is 39.1 Å². The second-order valence-corrected chi connectivity index (χ2v) is 5.47. The molecule has 0 aliphatic rings. The van der Waals surface area contributed by atoms with Crippen molar-refractivity contribution in [3.05, 3.63) is 59.6 Å². The van der Waals surface area contributed by atoms with E-state index in [1.54, 1.807) is 28.0 Å². The van der Waals surface area contributed by atoms with Gasteiger partial charge in [0.25, 0.3) is 5.91 Å². The molecule has 0 saturated carbocycles. The first-order valence-electron chi connectivity index (χ1n) is 7.27. The van der Waals surface area contributed by atoms with E-state index < -0.39 is 0 Å². The Bertz CT molecular complexity index is 831. The van der Waals surface area contributed by atoms with Gasteiger partial charge in [0, 0.05) is 31.7 Å². The molecule has 0 spiro atoms. The van der Waals surface area contributed by atoms with Gasteiger partial charge in [-0.1, -0.05) is 6.07 Å². The zero-order valence-corrected chi connectivity index (χ0v) is 13.3. The van der Waals surface area contributed by atoms with Crippen LogP contribution in [0.5, 0.6) is 0 Å². The summed E-state index contributed by atoms with van der Waals surface area (Å²) < 4.78 is 3.53. The Morgan fingerprint density at radius 1 is 1.26 bits per heavy atom. The van der Waals surface area contributed by atoms with Gasteiger partial charge in [0.15, 0.2) is 5.82 Å². The van der Waals surface area contributed by atoms with Crippen molar-refractivity contribution in [2.24, 2.45) is 7.05 Å². The van der Waals surface area contributed by atoms with Gasteiger partial charge in [0.05, 0.1) is 12.0 Å². The minimum atomic E-state index is -0.201. The number of pyridine rings is 1. The van der Waals surface area contributed by atoms with Gasteiger partial charge in [0.2, 0.25) is 0 Å². The van der Waals surface area contributed by atoms with Crippen LogP contribution in [0.1, 0.15) is 27.4 Å². The number of aromatic nitrogens is 5. The Kier molecular flexibility index (Phi) is 3.92. The van der Waals surface area contributed by atoms with Gasteiger partial charge in [-0.3, -0.25) is 4.79 Å². The molecule has 0 aromatic carbocycles. The van der Waals surface area contributed by atoms with Crippen LogP contribution < -0.4 is 5.32 Å². The van der Waals surface area contributed by atoms with E-state index in [0.717, 1.165) is 22.8 Å². The molecule has 118 valence electrons. The van der Waals surface area contributed by atoms with Crippen molar-refractivity contribution in [1.29, 1.82) is 0 Å². The van der Waals surface area contributed by atoms with E-state index in [0.29, 0.717) is 12.2 Å². The van der Waals surface area contributed by atoms with E-state index in [2.05, 4.69) is 20.4 Å². The Balaban J connectivity index is 1.66. The standard InChI is InChI=1S/C16H18N6O/c1-11-6-12(2)22(20-11)15-5-4-13(7-17-15)8-18-16(23)14-9-21(3)10-19-14/h4-7,9-10H,8H2,1-3H3,(H,18,23). The number of aryl methyl sites for hydroxylation is 3. The Morgan fingerprint density at radius 3 is 2.65 bits per heavy atom. The smallest absolute Gasteiger partial charge is 0.271 e. The summed E-state index contributed by atoms with van der Waals surface area (Å²) in [5, 5.41) is 7.23. The Hall–Kier alpha value is -2.96. The summed E-state index contributed by atoms with van der Waals surface area (Å²) in [7, 11) is 1.82. The molecule has 3 aromatic rings. The molecule has 1 amide bonds. The van der Waals surface area contributed by atoms with Crippen molar-refractivity contribution in [3.63, 3.8) is 0 Å². The molecule has 7 nitrogen and oxygen atoms in total. The lowest BCUT2D eigenvalue weighted by Gasteiger charge is -2.06. The summed E-state index contributed by atoms with van der Waals surface area (Å²) in [6, 6.07) is 5.82. The third kappa shape index (κ3) is 3.28. The first kappa shape index (κ1) is 15.0. The van der Waals surface area contributed by atoms with Gasteiger partial charge >= 0.3 is 0 Å².